The van der Waals surface area contributed by atoms with Crippen molar-refractivity contribution in [3.05, 3.63) is 54.5 Å². The lowest BCUT2D eigenvalue weighted by molar-refractivity contribution is -0.143. The number of fused-ring (bicyclic) bond motifs is 1. The molecule has 2 fully saturated rings. The van der Waals surface area contributed by atoms with Crippen LogP contribution in [0.2, 0.25) is 0 Å². The summed E-state index contributed by atoms with van der Waals surface area (Å²) in [4.78, 5) is 33.2. The Morgan fingerprint density at radius 3 is 2.50 bits per heavy atom. The predicted molar refractivity (Wildman–Crippen MR) is 113 cm³/mol. The molecule has 0 spiro atoms. The average Bonchev–Trinajstić information content (AvgIpc) is 3.44. The van der Waals surface area contributed by atoms with Crippen molar-refractivity contribution in [3.63, 3.8) is 0 Å². The highest BCUT2D eigenvalue weighted by Gasteiger charge is 2.50. The van der Waals surface area contributed by atoms with Crippen molar-refractivity contribution in [3.8, 4) is 11.1 Å². The number of carbonyl (C=O) groups excluding carboxylic acids is 2. The summed E-state index contributed by atoms with van der Waals surface area (Å²) < 4.78 is 2.07. The van der Waals surface area contributed by atoms with Gasteiger partial charge in [0, 0.05) is 62.7 Å². The number of hydrogen-bond donors (Lipinski definition) is 1. The fourth-order valence-electron chi connectivity index (χ4n) is 4.18. The van der Waals surface area contributed by atoms with Gasteiger partial charge in [0.25, 0.3) is 11.8 Å². The minimum atomic E-state index is -1.15. The molecule has 30 heavy (non-hydrogen) atoms. The standard InChI is InChI=1S/C23H24N4O3/c1-25-9-5-17-14-16(2-3-20(17)25)18-4-8-24-15-19(18)21(28)26-10-12-27(13-11-26)22(29)23(30)6-7-23/h2-5,8-9,14-15,30H,6-7,10-13H2,1H3. The summed E-state index contributed by atoms with van der Waals surface area (Å²) in [6.07, 6.45) is 6.42. The van der Waals surface area contributed by atoms with Gasteiger partial charge < -0.3 is 19.5 Å². The Morgan fingerprint density at radius 1 is 1.03 bits per heavy atom. The first kappa shape index (κ1) is 18.8. The Kier molecular flexibility index (Phi) is 4.36. The van der Waals surface area contributed by atoms with Crippen molar-refractivity contribution in [1.29, 1.82) is 0 Å². The lowest BCUT2D eigenvalue weighted by atomic mass is 9.99. The summed E-state index contributed by atoms with van der Waals surface area (Å²) in [5.74, 6) is -0.281. The Balaban J connectivity index is 1.37. The highest BCUT2D eigenvalue weighted by Crippen LogP contribution is 2.37. The maximum atomic E-state index is 13.3. The second-order valence-electron chi connectivity index (χ2n) is 8.24. The number of piperazine rings is 1. The fourth-order valence-corrected chi connectivity index (χ4v) is 4.18. The first-order valence-electron chi connectivity index (χ1n) is 10.3. The van der Waals surface area contributed by atoms with E-state index in [1.807, 2.05) is 25.4 Å². The van der Waals surface area contributed by atoms with Crippen LogP contribution in [0.3, 0.4) is 0 Å². The summed E-state index contributed by atoms with van der Waals surface area (Å²) in [5, 5.41) is 11.2. The molecule has 1 N–H and O–H groups in total. The quantitative estimate of drug-likeness (QED) is 0.725. The maximum absolute atomic E-state index is 13.3. The van der Waals surface area contributed by atoms with E-state index in [1.165, 1.54) is 0 Å². The number of hydrogen-bond acceptors (Lipinski definition) is 4. The summed E-state index contributed by atoms with van der Waals surface area (Å²) in [6, 6.07) is 10.1. The topological polar surface area (TPSA) is 78.7 Å². The zero-order valence-corrected chi connectivity index (χ0v) is 16.9. The van der Waals surface area contributed by atoms with Crippen LogP contribution >= 0.6 is 0 Å². The number of carbonyl (C=O) groups is 2. The van der Waals surface area contributed by atoms with E-state index in [1.54, 1.807) is 22.2 Å². The van der Waals surface area contributed by atoms with E-state index in [0.717, 1.165) is 22.0 Å². The summed E-state index contributed by atoms with van der Waals surface area (Å²) >= 11 is 0. The number of aromatic nitrogens is 2. The monoisotopic (exact) mass is 404 g/mol. The van der Waals surface area contributed by atoms with Crippen molar-refractivity contribution in [2.24, 2.45) is 7.05 Å². The molecule has 1 aromatic carbocycles. The van der Waals surface area contributed by atoms with Gasteiger partial charge in [-0.3, -0.25) is 14.6 Å². The summed E-state index contributed by atoms with van der Waals surface area (Å²) in [5.41, 5.74) is 2.38. The molecule has 0 atom stereocenters. The number of aryl methyl sites for hydroxylation is 1. The molecule has 154 valence electrons. The van der Waals surface area contributed by atoms with Gasteiger partial charge >= 0.3 is 0 Å². The second kappa shape index (κ2) is 6.95. The highest BCUT2D eigenvalue weighted by molar-refractivity contribution is 6.01. The maximum Gasteiger partial charge on any atom is 0.256 e. The molecule has 3 aromatic rings. The minimum absolute atomic E-state index is 0.0801. The molecule has 1 aliphatic carbocycles. The van der Waals surface area contributed by atoms with Crippen LogP contribution in [0, 0.1) is 0 Å². The fraction of sp³-hybridized carbons (Fsp3) is 0.348. The van der Waals surface area contributed by atoms with Gasteiger partial charge in [-0.15, -0.1) is 0 Å². The number of pyridine rings is 1. The van der Waals surface area contributed by atoms with E-state index in [-0.39, 0.29) is 11.8 Å². The lowest BCUT2D eigenvalue weighted by Gasteiger charge is -2.36. The SMILES string of the molecule is Cn1ccc2cc(-c3ccncc3C(=O)N3CCN(C(=O)C4(O)CC4)CC3)ccc21. The van der Waals surface area contributed by atoms with E-state index in [0.29, 0.717) is 44.6 Å². The molecular weight excluding hydrogens is 380 g/mol. The van der Waals surface area contributed by atoms with Crippen LogP contribution in [0.4, 0.5) is 0 Å². The molecule has 7 heteroatoms. The normalized spacial score (nSPS) is 17.9. The Bertz CT molecular complexity index is 1140. The smallest absolute Gasteiger partial charge is 0.256 e. The number of benzene rings is 1. The van der Waals surface area contributed by atoms with Gasteiger partial charge in [0.2, 0.25) is 0 Å². The molecule has 0 unspecified atom stereocenters. The van der Waals surface area contributed by atoms with E-state index < -0.39 is 5.60 Å². The van der Waals surface area contributed by atoms with Crippen molar-refractivity contribution >= 4 is 22.7 Å². The van der Waals surface area contributed by atoms with Crippen molar-refractivity contribution in [2.75, 3.05) is 26.2 Å². The zero-order valence-electron chi connectivity index (χ0n) is 16.9. The van der Waals surface area contributed by atoms with E-state index >= 15 is 0 Å². The minimum Gasteiger partial charge on any atom is -0.380 e. The molecule has 2 aliphatic rings. The van der Waals surface area contributed by atoms with Gasteiger partial charge in [-0.05, 0) is 48.2 Å². The largest absolute Gasteiger partial charge is 0.380 e. The second-order valence-corrected chi connectivity index (χ2v) is 8.24. The summed E-state index contributed by atoms with van der Waals surface area (Å²) in [6.45, 7) is 1.79. The van der Waals surface area contributed by atoms with Gasteiger partial charge in [-0.2, -0.15) is 0 Å². The average molecular weight is 404 g/mol. The Morgan fingerprint density at radius 2 is 1.77 bits per heavy atom. The summed E-state index contributed by atoms with van der Waals surface area (Å²) in [7, 11) is 2.01. The molecule has 0 radical (unpaired) electrons. The van der Waals surface area contributed by atoms with Crippen molar-refractivity contribution in [2.45, 2.75) is 18.4 Å². The van der Waals surface area contributed by atoms with Crippen LogP contribution in [0.15, 0.2) is 48.9 Å². The van der Waals surface area contributed by atoms with Crippen LogP contribution in [-0.4, -0.2) is 68.1 Å². The van der Waals surface area contributed by atoms with Crippen LogP contribution < -0.4 is 0 Å². The molecular formula is C23H24N4O3. The third kappa shape index (κ3) is 3.15. The van der Waals surface area contributed by atoms with Crippen molar-refractivity contribution < 1.29 is 14.7 Å². The molecule has 3 heterocycles. The van der Waals surface area contributed by atoms with Gasteiger partial charge in [-0.25, -0.2) is 0 Å². The van der Waals surface area contributed by atoms with Crippen LogP contribution in [-0.2, 0) is 11.8 Å². The van der Waals surface area contributed by atoms with E-state index in [9.17, 15) is 14.7 Å². The molecule has 5 rings (SSSR count). The Labute approximate surface area is 174 Å². The molecule has 7 nitrogen and oxygen atoms in total. The van der Waals surface area contributed by atoms with Gasteiger partial charge in [0.15, 0.2) is 0 Å². The molecule has 0 bridgehead atoms. The van der Waals surface area contributed by atoms with Gasteiger partial charge in [0.05, 0.1) is 5.56 Å². The molecule has 2 amide bonds. The number of amides is 2. The third-order valence-corrected chi connectivity index (χ3v) is 6.22. The highest BCUT2D eigenvalue weighted by atomic mass is 16.3. The van der Waals surface area contributed by atoms with Crippen LogP contribution in [0.5, 0.6) is 0 Å². The predicted octanol–water partition coefficient (Wildman–Crippen LogP) is 2.05. The first-order valence-corrected chi connectivity index (χ1v) is 10.3. The van der Waals surface area contributed by atoms with Crippen LogP contribution in [0.1, 0.15) is 23.2 Å². The lowest BCUT2D eigenvalue weighted by Crippen LogP contribution is -2.53. The van der Waals surface area contributed by atoms with Gasteiger partial charge in [-0.1, -0.05) is 6.07 Å². The van der Waals surface area contributed by atoms with Gasteiger partial charge in [0.1, 0.15) is 5.60 Å². The zero-order chi connectivity index (χ0) is 20.9. The van der Waals surface area contributed by atoms with E-state index in [2.05, 4.69) is 27.8 Å². The van der Waals surface area contributed by atoms with Crippen molar-refractivity contribution in [1.82, 2.24) is 19.4 Å². The molecule has 1 aliphatic heterocycles. The number of nitrogens with zero attached hydrogens (tertiary/aromatic N) is 4. The Hall–Kier alpha value is -3.19. The molecule has 1 saturated carbocycles. The molecule has 2 aromatic heterocycles. The van der Waals surface area contributed by atoms with Crippen LogP contribution in [0.25, 0.3) is 22.0 Å². The first-order chi connectivity index (χ1) is 14.5. The third-order valence-electron chi connectivity index (χ3n) is 6.22. The van der Waals surface area contributed by atoms with E-state index in [4.69, 9.17) is 0 Å². The molecule has 1 saturated heterocycles. The number of aliphatic hydroxyl groups is 1. The number of rotatable bonds is 3.